The van der Waals surface area contributed by atoms with Crippen molar-refractivity contribution in [1.82, 2.24) is 10.6 Å². The molecule has 0 spiro atoms. The summed E-state index contributed by atoms with van der Waals surface area (Å²) < 4.78 is 0. The van der Waals surface area contributed by atoms with Gasteiger partial charge in [-0.25, -0.2) is 0 Å². The number of amides is 2. The van der Waals surface area contributed by atoms with E-state index in [9.17, 15) is 19.5 Å². The molecule has 31 heavy (non-hydrogen) atoms. The van der Waals surface area contributed by atoms with Crippen molar-refractivity contribution in [1.29, 1.82) is 0 Å². The Morgan fingerprint density at radius 2 is 1.10 bits per heavy atom. The molecule has 3 rings (SSSR count). The fourth-order valence-corrected chi connectivity index (χ4v) is 3.21. The van der Waals surface area contributed by atoms with Crippen LogP contribution in [0.4, 0.5) is 0 Å². The van der Waals surface area contributed by atoms with Crippen molar-refractivity contribution in [3.63, 3.8) is 0 Å². The summed E-state index contributed by atoms with van der Waals surface area (Å²) >= 11 is 0. The summed E-state index contributed by atoms with van der Waals surface area (Å²) in [6.07, 6.45) is 0.302. The highest BCUT2D eigenvalue weighted by Gasteiger charge is 2.25. The van der Waals surface area contributed by atoms with Gasteiger partial charge >= 0.3 is 0 Å². The van der Waals surface area contributed by atoms with E-state index in [1.807, 2.05) is 36.4 Å². The second kappa shape index (κ2) is 10.7. The molecule has 2 amide bonds. The van der Waals surface area contributed by atoms with Crippen LogP contribution in [0, 0.1) is 0 Å². The minimum absolute atomic E-state index is 0.0829. The van der Waals surface area contributed by atoms with Gasteiger partial charge in [0.15, 0.2) is 0 Å². The molecule has 0 aliphatic rings. The lowest BCUT2D eigenvalue weighted by atomic mass is 10.0. The first-order valence-electron chi connectivity index (χ1n) is 9.98. The van der Waals surface area contributed by atoms with Gasteiger partial charge in [0.1, 0.15) is 6.04 Å². The molecule has 0 saturated carbocycles. The van der Waals surface area contributed by atoms with Crippen molar-refractivity contribution in [2.24, 2.45) is 0 Å². The van der Waals surface area contributed by atoms with E-state index < -0.39 is 29.9 Å². The van der Waals surface area contributed by atoms with Gasteiger partial charge in [0.05, 0.1) is 12.0 Å². The molecular weight excluding hydrogens is 392 g/mol. The molecule has 0 radical (unpaired) electrons. The van der Waals surface area contributed by atoms with Gasteiger partial charge in [-0.2, -0.15) is 0 Å². The molecule has 3 aromatic carbocycles. The number of aliphatic carboxylic acids is 1. The Hall–Kier alpha value is -3.93. The number of rotatable bonds is 9. The molecule has 0 aromatic heterocycles. The van der Waals surface area contributed by atoms with Crippen molar-refractivity contribution in [2.45, 2.75) is 24.9 Å². The standard InChI is InChI=1S/C25H24N2O4/c28-23(20-14-8-3-9-15-20)26-21(16-18-10-4-1-5-11-18)24(29)27-22(25(30)31)17-19-12-6-2-7-13-19/h1-15,21-22H,16-17H2,(H,26,28)(H,27,29)(H,30,31)/p-1/t21-,22-/m0/s1. The van der Waals surface area contributed by atoms with E-state index >= 15 is 0 Å². The smallest absolute Gasteiger partial charge is 0.251 e. The van der Waals surface area contributed by atoms with Crippen LogP contribution in [-0.2, 0) is 22.4 Å². The number of carboxylic acid groups (broad SMARTS) is 1. The molecule has 0 bridgehead atoms. The van der Waals surface area contributed by atoms with Gasteiger partial charge in [-0.3, -0.25) is 9.59 Å². The van der Waals surface area contributed by atoms with Gasteiger partial charge in [0, 0.05) is 12.0 Å². The molecule has 6 nitrogen and oxygen atoms in total. The van der Waals surface area contributed by atoms with Crippen molar-refractivity contribution < 1.29 is 19.5 Å². The van der Waals surface area contributed by atoms with Gasteiger partial charge in [-0.1, -0.05) is 78.9 Å². The molecule has 2 atom stereocenters. The normalized spacial score (nSPS) is 12.4. The van der Waals surface area contributed by atoms with E-state index in [2.05, 4.69) is 10.6 Å². The Balaban J connectivity index is 1.76. The second-order valence-electron chi connectivity index (χ2n) is 7.15. The molecule has 0 aliphatic heterocycles. The first-order valence-corrected chi connectivity index (χ1v) is 9.98. The molecule has 2 N–H and O–H groups in total. The lowest BCUT2D eigenvalue weighted by Gasteiger charge is -2.24. The third kappa shape index (κ3) is 6.54. The van der Waals surface area contributed by atoms with Crippen molar-refractivity contribution in [2.75, 3.05) is 0 Å². The van der Waals surface area contributed by atoms with Crippen molar-refractivity contribution in [3.8, 4) is 0 Å². The van der Waals surface area contributed by atoms with E-state index in [1.165, 1.54) is 0 Å². The van der Waals surface area contributed by atoms with E-state index in [0.717, 1.165) is 11.1 Å². The Bertz CT molecular complexity index is 1010. The SMILES string of the molecule is O=C(N[C@@H](Cc1ccccc1)C(=O)N[C@@H](Cc1ccccc1)C(=O)[O-])c1ccccc1. The van der Waals surface area contributed by atoms with Crippen LogP contribution in [0.2, 0.25) is 0 Å². The number of carbonyl (C=O) groups is 3. The molecule has 0 aliphatic carbocycles. The van der Waals surface area contributed by atoms with E-state index in [-0.39, 0.29) is 12.8 Å². The Morgan fingerprint density at radius 1 is 0.645 bits per heavy atom. The molecule has 3 aromatic rings. The fourth-order valence-electron chi connectivity index (χ4n) is 3.21. The third-order valence-electron chi connectivity index (χ3n) is 4.82. The monoisotopic (exact) mass is 415 g/mol. The molecule has 0 heterocycles. The minimum Gasteiger partial charge on any atom is -0.548 e. The maximum atomic E-state index is 13.0. The molecule has 6 heteroatoms. The van der Waals surface area contributed by atoms with E-state index in [4.69, 9.17) is 0 Å². The van der Waals surface area contributed by atoms with Crippen LogP contribution in [0.5, 0.6) is 0 Å². The van der Waals surface area contributed by atoms with Gasteiger partial charge in [-0.05, 0) is 29.7 Å². The summed E-state index contributed by atoms with van der Waals surface area (Å²) in [4.78, 5) is 37.3. The first kappa shape index (κ1) is 21.8. The fraction of sp³-hybridized carbons (Fsp3) is 0.160. The largest absolute Gasteiger partial charge is 0.548 e. The number of hydrogen-bond donors (Lipinski definition) is 2. The Morgan fingerprint density at radius 3 is 1.58 bits per heavy atom. The number of carbonyl (C=O) groups excluding carboxylic acids is 3. The van der Waals surface area contributed by atoms with Crippen molar-refractivity contribution >= 4 is 17.8 Å². The predicted octanol–water partition coefficient (Wildman–Crippen LogP) is 1.51. The quantitative estimate of drug-likeness (QED) is 0.553. The highest BCUT2D eigenvalue weighted by atomic mass is 16.4. The highest BCUT2D eigenvalue weighted by molar-refractivity contribution is 5.98. The lowest BCUT2D eigenvalue weighted by Crippen LogP contribution is -2.55. The first-order chi connectivity index (χ1) is 15.0. The zero-order valence-corrected chi connectivity index (χ0v) is 16.9. The number of hydrogen-bond acceptors (Lipinski definition) is 4. The van der Waals surface area contributed by atoms with E-state index in [0.29, 0.717) is 5.56 Å². The molecule has 158 valence electrons. The van der Waals surface area contributed by atoms with Crippen LogP contribution in [-0.4, -0.2) is 29.9 Å². The van der Waals surface area contributed by atoms with Crippen LogP contribution in [0.15, 0.2) is 91.0 Å². The van der Waals surface area contributed by atoms with Crippen LogP contribution in [0.1, 0.15) is 21.5 Å². The average molecular weight is 415 g/mol. The maximum Gasteiger partial charge on any atom is 0.251 e. The maximum absolute atomic E-state index is 13.0. The Labute approximate surface area is 180 Å². The average Bonchev–Trinajstić information content (AvgIpc) is 2.80. The minimum atomic E-state index is -1.38. The summed E-state index contributed by atoms with van der Waals surface area (Å²) in [7, 11) is 0. The molecule has 0 saturated heterocycles. The third-order valence-corrected chi connectivity index (χ3v) is 4.82. The summed E-state index contributed by atoms with van der Waals surface area (Å²) in [6.45, 7) is 0. The summed E-state index contributed by atoms with van der Waals surface area (Å²) in [5.74, 6) is -2.38. The molecule has 0 unspecified atom stereocenters. The van der Waals surface area contributed by atoms with Gasteiger partial charge in [0.2, 0.25) is 5.91 Å². The summed E-state index contributed by atoms with van der Waals surface area (Å²) in [5, 5.41) is 16.9. The van der Waals surface area contributed by atoms with Gasteiger partial charge in [-0.15, -0.1) is 0 Å². The number of carboxylic acids is 1. The van der Waals surface area contributed by atoms with E-state index in [1.54, 1.807) is 54.6 Å². The van der Waals surface area contributed by atoms with Gasteiger partial charge < -0.3 is 20.5 Å². The van der Waals surface area contributed by atoms with Crippen LogP contribution < -0.4 is 15.7 Å². The highest BCUT2D eigenvalue weighted by Crippen LogP contribution is 2.08. The predicted molar refractivity (Wildman–Crippen MR) is 115 cm³/mol. The zero-order valence-electron chi connectivity index (χ0n) is 16.9. The topological polar surface area (TPSA) is 98.3 Å². The summed E-state index contributed by atoms with van der Waals surface area (Å²) in [6, 6.07) is 24.5. The van der Waals surface area contributed by atoms with Crippen LogP contribution in [0.25, 0.3) is 0 Å². The van der Waals surface area contributed by atoms with Crippen molar-refractivity contribution in [3.05, 3.63) is 108 Å². The molecular formula is C25H23N2O4-. The zero-order chi connectivity index (χ0) is 22.1. The lowest BCUT2D eigenvalue weighted by molar-refractivity contribution is -0.308. The number of nitrogens with one attached hydrogen (secondary N) is 2. The molecule has 0 fully saturated rings. The summed E-state index contributed by atoms with van der Waals surface area (Å²) in [5.41, 5.74) is 2.00. The number of benzene rings is 3. The Kier molecular flexibility index (Phi) is 7.54. The second-order valence-corrected chi connectivity index (χ2v) is 7.15. The van der Waals surface area contributed by atoms with Crippen LogP contribution in [0.3, 0.4) is 0 Å². The van der Waals surface area contributed by atoms with Gasteiger partial charge in [0.25, 0.3) is 5.91 Å². The van der Waals surface area contributed by atoms with Crippen LogP contribution >= 0.6 is 0 Å².